The lowest BCUT2D eigenvalue weighted by molar-refractivity contribution is 0.795. The lowest BCUT2D eigenvalue weighted by Gasteiger charge is -2.27. The molecule has 1 nitrogen and oxygen atoms in total. The Balaban J connectivity index is 2.52. The van der Waals surface area contributed by atoms with E-state index in [9.17, 15) is 0 Å². The van der Waals surface area contributed by atoms with E-state index in [1.165, 1.54) is 35.2 Å². The number of anilines is 1. The molecule has 2 rings (SSSR count). The van der Waals surface area contributed by atoms with Gasteiger partial charge in [0.1, 0.15) is 0 Å². The second-order valence-corrected chi connectivity index (χ2v) is 4.27. The number of nitrogens with zero attached hydrogens (tertiary/aromatic N) is 1. The van der Waals surface area contributed by atoms with Crippen LogP contribution in [0.15, 0.2) is 12.1 Å². The van der Waals surface area contributed by atoms with Crippen molar-refractivity contribution >= 4 is 18.5 Å². The van der Waals surface area contributed by atoms with Gasteiger partial charge in [-0.3, -0.25) is 0 Å². The molecule has 0 N–H and O–H groups in total. The van der Waals surface area contributed by atoms with Crippen molar-refractivity contribution in [3.05, 3.63) is 28.8 Å². The second-order valence-electron chi connectivity index (χ2n) is 3.79. The molecule has 1 heterocycles. The summed E-state index contributed by atoms with van der Waals surface area (Å²) in [5.74, 6) is 0. The maximum Gasteiger partial charge on any atom is 0.0502 e. The Morgan fingerprint density at radius 3 is 2.69 bits per heavy atom. The largest absolute Gasteiger partial charge is 0.318 e. The zero-order valence-corrected chi connectivity index (χ0v) is 9.06. The molecule has 0 unspecified atom stereocenters. The van der Waals surface area contributed by atoms with Gasteiger partial charge in [-0.15, -0.1) is 0 Å². The van der Waals surface area contributed by atoms with Crippen molar-refractivity contribution in [2.75, 3.05) is 10.8 Å². The number of hydrogen-bond acceptors (Lipinski definition) is 2. The van der Waals surface area contributed by atoms with E-state index in [1.807, 2.05) is 0 Å². The SMILES string of the molecule is Cc1cc2c(cc1C)N(S)CCC2. The highest BCUT2D eigenvalue weighted by Crippen LogP contribution is 2.30. The first-order valence-corrected chi connectivity index (χ1v) is 5.15. The third-order valence-electron chi connectivity index (χ3n) is 2.79. The normalized spacial score (nSPS) is 15.8. The number of rotatable bonds is 0. The fourth-order valence-corrected chi connectivity index (χ4v) is 2.17. The lowest BCUT2D eigenvalue weighted by Crippen LogP contribution is -2.19. The summed E-state index contributed by atoms with van der Waals surface area (Å²) >= 11 is 4.46. The van der Waals surface area contributed by atoms with Gasteiger partial charge in [-0.05, 0) is 49.4 Å². The summed E-state index contributed by atoms with van der Waals surface area (Å²) in [4.78, 5) is 0. The molecule has 0 amide bonds. The average molecular weight is 193 g/mol. The second kappa shape index (κ2) is 3.26. The molecule has 0 bridgehead atoms. The summed E-state index contributed by atoms with van der Waals surface area (Å²) in [5.41, 5.74) is 5.50. The van der Waals surface area contributed by atoms with Crippen molar-refractivity contribution in [1.29, 1.82) is 0 Å². The van der Waals surface area contributed by atoms with Gasteiger partial charge in [-0.25, -0.2) is 0 Å². The maximum absolute atomic E-state index is 4.46. The minimum Gasteiger partial charge on any atom is -0.318 e. The Morgan fingerprint density at radius 1 is 1.23 bits per heavy atom. The van der Waals surface area contributed by atoms with E-state index in [0.717, 1.165) is 6.54 Å². The van der Waals surface area contributed by atoms with E-state index in [-0.39, 0.29) is 0 Å². The fourth-order valence-electron chi connectivity index (χ4n) is 1.84. The summed E-state index contributed by atoms with van der Waals surface area (Å²) in [6.07, 6.45) is 2.42. The van der Waals surface area contributed by atoms with Gasteiger partial charge in [0.2, 0.25) is 0 Å². The molecule has 0 aromatic heterocycles. The van der Waals surface area contributed by atoms with E-state index < -0.39 is 0 Å². The number of thiol groups is 1. The minimum atomic E-state index is 1.07. The zero-order chi connectivity index (χ0) is 9.42. The van der Waals surface area contributed by atoms with E-state index >= 15 is 0 Å². The molecular weight excluding hydrogens is 178 g/mol. The number of hydrogen-bond donors (Lipinski definition) is 1. The van der Waals surface area contributed by atoms with Crippen LogP contribution in [0.1, 0.15) is 23.1 Å². The van der Waals surface area contributed by atoms with Crippen LogP contribution in [0.5, 0.6) is 0 Å². The summed E-state index contributed by atoms with van der Waals surface area (Å²) in [7, 11) is 0. The third kappa shape index (κ3) is 1.55. The van der Waals surface area contributed by atoms with E-state index in [0.29, 0.717) is 0 Å². The van der Waals surface area contributed by atoms with Gasteiger partial charge in [-0.1, -0.05) is 18.9 Å². The van der Waals surface area contributed by atoms with Crippen molar-refractivity contribution in [3.63, 3.8) is 0 Å². The van der Waals surface area contributed by atoms with Crippen molar-refractivity contribution in [3.8, 4) is 0 Å². The predicted octanol–water partition coefficient (Wildman–Crippen LogP) is 2.90. The van der Waals surface area contributed by atoms with Crippen LogP contribution in [0.25, 0.3) is 0 Å². The van der Waals surface area contributed by atoms with Crippen LogP contribution in [0.4, 0.5) is 5.69 Å². The van der Waals surface area contributed by atoms with Gasteiger partial charge in [0.25, 0.3) is 0 Å². The predicted molar refractivity (Wildman–Crippen MR) is 60.6 cm³/mol. The minimum absolute atomic E-state index is 1.07. The van der Waals surface area contributed by atoms with Gasteiger partial charge < -0.3 is 4.31 Å². The quantitative estimate of drug-likeness (QED) is 0.620. The molecule has 1 aliphatic rings. The van der Waals surface area contributed by atoms with Gasteiger partial charge in [0.15, 0.2) is 0 Å². The van der Waals surface area contributed by atoms with Crippen molar-refractivity contribution in [2.24, 2.45) is 0 Å². The van der Waals surface area contributed by atoms with Gasteiger partial charge >= 0.3 is 0 Å². The number of benzene rings is 1. The van der Waals surface area contributed by atoms with Crippen molar-refractivity contribution in [2.45, 2.75) is 26.7 Å². The smallest absolute Gasteiger partial charge is 0.0502 e. The summed E-state index contributed by atoms with van der Waals surface area (Å²) in [6, 6.07) is 4.55. The van der Waals surface area contributed by atoms with Crippen molar-refractivity contribution < 1.29 is 0 Å². The molecule has 0 spiro atoms. The molecule has 1 aromatic rings. The molecule has 0 aliphatic carbocycles. The molecule has 0 radical (unpaired) electrons. The molecule has 13 heavy (non-hydrogen) atoms. The average Bonchev–Trinajstić information content (AvgIpc) is 2.09. The Kier molecular flexibility index (Phi) is 2.24. The van der Waals surface area contributed by atoms with E-state index in [2.05, 4.69) is 43.1 Å². The Bertz CT molecular complexity index is 333. The molecular formula is C11H15NS. The first-order valence-electron chi connectivity index (χ1n) is 4.75. The van der Waals surface area contributed by atoms with Gasteiger partial charge in [-0.2, -0.15) is 0 Å². The van der Waals surface area contributed by atoms with Gasteiger partial charge in [0, 0.05) is 6.54 Å². The standard InChI is InChI=1S/C11H15NS/c1-8-6-10-4-3-5-12(13)11(10)7-9(8)2/h6-7,13H,3-5H2,1-2H3. The first kappa shape index (κ1) is 8.95. The van der Waals surface area contributed by atoms with Crippen LogP contribution in [0.2, 0.25) is 0 Å². The summed E-state index contributed by atoms with van der Waals surface area (Å²) in [5, 5.41) is 0. The van der Waals surface area contributed by atoms with Crippen LogP contribution in [-0.2, 0) is 6.42 Å². The molecule has 70 valence electrons. The fraction of sp³-hybridized carbons (Fsp3) is 0.455. The topological polar surface area (TPSA) is 3.24 Å². The highest BCUT2D eigenvalue weighted by molar-refractivity contribution is 7.81. The van der Waals surface area contributed by atoms with E-state index in [4.69, 9.17) is 0 Å². The Labute approximate surface area is 85.3 Å². The van der Waals surface area contributed by atoms with Crippen molar-refractivity contribution in [1.82, 2.24) is 0 Å². The maximum atomic E-state index is 4.46. The van der Waals surface area contributed by atoms with Crippen LogP contribution in [0, 0.1) is 13.8 Å². The molecule has 0 saturated heterocycles. The first-order chi connectivity index (χ1) is 6.18. The van der Waals surface area contributed by atoms with Crippen LogP contribution in [0.3, 0.4) is 0 Å². The molecule has 0 saturated carbocycles. The molecule has 1 aliphatic heterocycles. The Hall–Kier alpha value is -0.630. The van der Waals surface area contributed by atoms with Crippen LogP contribution < -0.4 is 4.31 Å². The van der Waals surface area contributed by atoms with Gasteiger partial charge in [0.05, 0.1) is 5.69 Å². The molecule has 0 atom stereocenters. The zero-order valence-electron chi connectivity index (χ0n) is 8.17. The highest BCUT2D eigenvalue weighted by atomic mass is 32.1. The number of aryl methyl sites for hydroxylation is 3. The summed E-state index contributed by atoms with van der Waals surface area (Å²) in [6.45, 7) is 5.40. The lowest BCUT2D eigenvalue weighted by atomic mass is 9.98. The molecule has 1 aromatic carbocycles. The molecule has 0 fully saturated rings. The summed E-state index contributed by atoms with van der Waals surface area (Å²) < 4.78 is 2.06. The van der Waals surface area contributed by atoms with E-state index in [1.54, 1.807) is 0 Å². The monoisotopic (exact) mass is 193 g/mol. The third-order valence-corrected chi connectivity index (χ3v) is 3.20. The molecule has 2 heteroatoms. The highest BCUT2D eigenvalue weighted by Gasteiger charge is 2.14. The van der Waals surface area contributed by atoms with Crippen LogP contribution in [-0.4, -0.2) is 6.54 Å². The Morgan fingerprint density at radius 2 is 1.92 bits per heavy atom. The van der Waals surface area contributed by atoms with Crippen LogP contribution >= 0.6 is 12.8 Å². The number of fused-ring (bicyclic) bond motifs is 1.